The van der Waals surface area contributed by atoms with Gasteiger partial charge < -0.3 is 5.32 Å². The summed E-state index contributed by atoms with van der Waals surface area (Å²) in [7, 11) is 0. The second-order valence-electron chi connectivity index (χ2n) is 6.75. The van der Waals surface area contributed by atoms with Gasteiger partial charge in [-0.15, -0.1) is 0 Å². The number of amides is 2. The maximum Gasteiger partial charge on any atom is 0.256 e. The van der Waals surface area contributed by atoms with E-state index in [9.17, 15) is 9.59 Å². The minimum Gasteiger partial charge on any atom is -0.325 e. The first-order valence-electron chi connectivity index (χ1n) is 8.75. The van der Waals surface area contributed by atoms with Crippen LogP contribution in [0.4, 0.5) is 5.69 Å². The SMILES string of the molecule is CC(C)c1ccc(NC(=O)CSC2=NC(=O)C3CCCCC3=N2)cc1. The van der Waals surface area contributed by atoms with E-state index >= 15 is 0 Å². The summed E-state index contributed by atoms with van der Waals surface area (Å²) in [5.74, 6) is 0.316. The number of anilines is 1. The molecule has 1 aromatic carbocycles. The Morgan fingerprint density at radius 2 is 2.00 bits per heavy atom. The van der Waals surface area contributed by atoms with Crippen molar-refractivity contribution < 1.29 is 9.59 Å². The summed E-state index contributed by atoms with van der Waals surface area (Å²) in [6, 6.07) is 7.86. The number of thioether (sulfide) groups is 1. The van der Waals surface area contributed by atoms with Crippen LogP contribution in [0.2, 0.25) is 0 Å². The molecule has 1 saturated carbocycles. The molecule has 0 radical (unpaired) electrons. The van der Waals surface area contributed by atoms with E-state index in [1.165, 1.54) is 17.3 Å². The molecule has 1 aromatic rings. The molecule has 6 heteroatoms. The first kappa shape index (κ1) is 17.9. The quantitative estimate of drug-likeness (QED) is 0.885. The minimum absolute atomic E-state index is 0.100. The first-order chi connectivity index (χ1) is 12.0. The number of carbonyl (C=O) groups is 2. The van der Waals surface area contributed by atoms with Crippen LogP contribution in [0.25, 0.3) is 0 Å². The smallest absolute Gasteiger partial charge is 0.256 e. The molecule has 0 spiro atoms. The standard InChI is InChI=1S/C19H23N3O2S/c1-12(2)13-7-9-14(10-8-13)20-17(23)11-25-19-21-16-6-4-3-5-15(16)18(24)22-19/h7-10,12,15H,3-6,11H2,1-2H3,(H,20,23). The predicted molar refractivity (Wildman–Crippen MR) is 103 cm³/mol. The lowest BCUT2D eigenvalue weighted by Gasteiger charge is -2.24. The molecule has 1 heterocycles. The van der Waals surface area contributed by atoms with Gasteiger partial charge in [-0.3, -0.25) is 9.59 Å². The zero-order valence-corrected chi connectivity index (χ0v) is 15.4. The molecule has 1 atom stereocenters. The Bertz CT molecular complexity index is 723. The number of hydrogen-bond donors (Lipinski definition) is 1. The number of nitrogens with zero attached hydrogens (tertiary/aromatic N) is 2. The third kappa shape index (κ3) is 4.57. The van der Waals surface area contributed by atoms with Crippen LogP contribution in [-0.4, -0.2) is 28.4 Å². The number of carbonyl (C=O) groups excluding carboxylic acids is 2. The number of benzene rings is 1. The van der Waals surface area contributed by atoms with E-state index in [-0.39, 0.29) is 23.5 Å². The summed E-state index contributed by atoms with van der Waals surface area (Å²) in [6.45, 7) is 4.27. The Balaban J connectivity index is 1.54. The van der Waals surface area contributed by atoms with Crippen molar-refractivity contribution in [3.05, 3.63) is 29.8 Å². The number of hydrogen-bond acceptors (Lipinski definition) is 4. The van der Waals surface area contributed by atoms with Crippen molar-refractivity contribution in [2.75, 3.05) is 11.1 Å². The maximum atomic E-state index is 12.1. The van der Waals surface area contributed by atoms with Crippen LogP contribution in [-0.2, 0) is 9.59 Å². The Labute approximate surface area is 152 Å². The molecule has 1 aliphatic heterocycles. The van der Waals surface area contributed by atoms with Gasteiger partial charge in [-0.25, -0.2) is 4.99 Å². The fraction of sp³-hybridized carbons (Fsp3) is 0.474. The van der Waals surface area contributed by atoms with E-state index in [0.717, 1.165) is 37.1 Å². The van der Waals surface area contributed by atoms with E-state index in [4.69, 9.17) is 0 Å². The molecule has 1 fully saturated rings. The van der Waals surface area contributed by atoms with Gasteiger partial charge in [0.15, 0.2) is 5.17 Å². The molecule has 2 aliphatic rings. The minimum atomic E-state index is -0.122. The molecule has 25 heavy (non-hydrogen) atoms. The molecule has 3 rings (SSSR count). The van der Waals surface area contributed by atoms with Crippen LogP contribution >= 0.6 is 11.8 Å². The summed E-state index contributed by atoms with van der Waals surface area (Å²) in [5, 5.41) is 3.29. The van der Waals surface area contributed by atoms with Crippen LogP contribution < -0.4 is 5.32 Å². The van der Waals surface area contributed by atoms with Crippen LogP contribution in [0, 0.1) is 5.92 Å². The van der Waals surface area contributed by atoms with Gasteiger partial charge in [0.2, 0.25) is 5.91 Å². The fourth-order valence-corrected chi connectivity index (χ4v) is 3.73. The van der Waals surface area contributed by atoms with E-state index in [2.05, 4.69) is 29.1 Å². The molecule has 1 unspecified atom stereocenters. The average molecular weight is 357 g/mol. The Kier molecular flexibility index (Phi) is 5.68. The Morgan fingerprint density at radius 1 is 1.24 bits per heavy atom. The zero-order chi connectivity index (χ0) is 17.8. The van der Waals surface area contributed by atoms with Gasteiger partial charge in [0.05, 0.1) is 11.7 Å². The van der Waals surface area contributed by atoms with Crippen molar-refractivity contribution in [1.82, 2.24) is 0 Å². The number of nitrogens with one attached hydrogen (secondary N) is 1. The van der Waals surface area contributed by atoms with Gasteiger partial charge in [-0.1, -0.05) is 44.2 Å². The van der Waals surface area contributed by atoms with Crippen LogP contribution in [0.15, 0.2) is 34.3 Å². The van der Waals surface area contributed by atoms with Crippen molar-refractivity contribution in [1.29, 1.82) is 0 Å². The maximum absolute atomic E-state index is 12.1. The molecule has 0 bridgehead atoms. The monoisotopic (exact) mass is 357 g/mol. The summed E-state index contributed by atoms with van der Waals surface area (Å²) in [5.41, 5.74) is 2.95. The second kappa shape index (κ2) is 7.95. The highest BCUT2D eigenvalue weighted by Gasteiger charge is 2.30. The highest BCUT2D eigenvalue weighted by atomic mass is 32.2. The van der Waals surface area contributed by atoms with Crippen LogP contribution in [0.5, 0.6) is 0 Å². The summed E-state index contributed by atoms with van der Waals surface area (Å²) < 4.78 is 0. The lowest BCUT2D eigenvalue weighted by molar-refractivity contribution is -0.120. The van der Waals surface area contributed by atoms with Gasteiger partial charge in [0, 0.05) is 11.4 Å². The zero-order valence-electron chi connectivity index (χ0n) is 14.6. The van der Waals surface area contributed by atoms with Crippen molar-refractivity contribution in [3.63, 3.8) is 0 Å². The normalized spacial score (nSPS) is 20.0. The van der Waals surface area contributed by atoms with Gasteiger partial charge >= 0.3 is 0 Å². The molecule has 0 saturated heterocycles. The predicted octanol–water partition coefficient (Wildman–Crippen LogP) is 4.01. The second-order valence-corrected chi connectivity index (χ2v) is 7.69. The van der Waals surface area contributed by atoms with Gasteiger partial charge in [0.1, 0.15) is 0 Å². The van der Waals surface area contributed by atoms with Crippen LogP contribution in [0.3, 0.4) is 0 Å². The lowest BCUT2D eigenvalue weighted by atomic mass is 9.86. The van der Waals surface area contributed by atoms with E-state index in [0.29, 0.717) is 11.1 Å². The summed E-state index contributed by atoms with van der Waals surface area (Å²) >= 11 is 1.22. The van der Waals surface area contributed by atoms with Gasteiger partial charge in [-0.2, -0.15) is 4.99 Å². The molecular formula is C19H23N3O2S. The summed E-state index contributed by atoms with van der Waals surface area (Å²) in [4.78, 5) is 32.7. The van der Waals surface area contributed by atoms with E-state index in [1.54, 1.807) is 0 Å². The van der Waals surface area contributed by atoms with E-state index in [1.807, 2.05) is 24.3 Å². The molecule has 1 N–H and O–H groups in total. The molecule has 2 amide bonds. The third-order valence-electron chi connectivity index (χ3n) is 4.51. The largest absolute Gasteiger partial charge is 0.325 e. The van der Waals surface area contributed by atoms with Crippen molar-refractivity contribution in [3.8, 4) is 0 Å². The number of rotatable bonds is 4. The van der Waals surface area contributed by atoms with Gasteiger partial charge in [-0.05, 0) is 42.9 Å². The van der Waals surface area contributed by atoms with Gasteiger partial charge in [0.25, 0.3) is 5.91 Å². The number of fused-ring (bicyclic) bond motifs is 1. The molecule has 1 aliphatic carbocycles. The van der Waals surface area contributed by atoms with Crippen molar-refractivity contribution in [2.24, 2.45) is 15.9 Å². The average Bonchev–Trinajstić information content (AvgIpc) is 2.60. The highest BCUT2D eigenvalue weighted by molar-refractivity contribution is 8.14. The molecule has 0 aromatic heterocycles. The Morgan fingerprint density at radius 3 is 2.72 bits per heavy atom. The highest BCUT2D eigenvalue weighted by Crippen LogP contribution is 2.27. The Hall–Kier alpha value is -1.95. The number of amidine groups is 1. The lowest BCUT2D eigenvalue weighted by Crippen LogP contribution is -2.30. The molecular weight excluding hydrogens is 334 g/mol. The van der Waals surface area contributed by atoms with Crippen molar-refractivity contribution in [2.45, 2.75) is 45.4 Å². The van der Waals surface area contributed by atoms with Crippen LogP contribution in [0.1, 0.15) is 51.0 Å². The molecule has 132 valence electrons. The fourth-order valence-electron chi connectivity index (χ4n) is 3.06. The molecule has 5 nitrogen and oxygen atoms in total. The number of aliphatic imine (C=N–C) groups is 2. The summed E-state index contributed by atoms with van der Waals surface area (Å²) in [6.07, 6.45) is 3.86. The van der Waals surface area contributed by atoms with E-state index < -0.39 is 0 Å². The third-order valence-corrected chi connectivity index (χ3v) is 5.36. The first-order valence-corrected chi connectivity index (χ1v) is 9.74. The topological polar surface area (TPSA) is 70.9 Å². The van der Waals surface area contributed by atoms with Crippen molar-refractivity contribution >= 4 is 40.1 Å².